The average molecular weight is 906 g/mol. The Labute approximate surface area is 375 Å². The summed E-state index contributed by atoms with van der Waals surface area (Å²) in [7, 11) is 0. The molecule has 0 unspecified atom stereocenters. The molecule has 13 nitrogen and oxygen atoms in total. The van der Waals surface area contributed by atoms with Gasteiger partial charge in [0.05, 0.1) is 22.7 Å². The first-order valence-electron chi connectivity index (χ1n) is 18.0. The molecule has 62 heavy (non-hydrogen) atoms. The van der Waals surface area contributed by atoms with E-state index in [-0.39, 0.29) is 68.6 Å². The Kier molecular flexibility index (Phi) is 15.3. The first kappa shape index (κ1) is 45.8. The molecule has 309 valence electrons. The zero-order valence-electron chi connectivity index (χ0n) is 32.4. The van der Waals surface area contributed by atoms with Crippen LogP contribution in [0.1, 0.15) is 20.7 Å². The molecule has 0 aliphatic rings. The number of nitrogens with one attached hydrogen (secondary N) is 2. The minimum Gasteiger partial charge on any atom is -0.871 e. The number of carbonyl (C=O) groups is 2. The molecule has 0 saturated heterocycles. The van der Waals surface area contributed by atoms with E-state index in [1.165, 1.54) is 48.5 Å². The number of quaternary nitrogens is 1. The molecule has 0 aromatic heterocycles. The Bertz CT molecular complexity index is 2760. The van der Waals surface area contributed by atoms with Gasteiger partial charge in [-0.3, -0.25) is 9.59 Å². The summed E-state index contributed by atoms with van der Waals surface area (Å²) in [6, 6.07) is 42.9. The number of azo groups is 2. The number of hydrogen-bond acceptors (Lipinski definition) is 10. The molecule has 0 atom stereocenters. The van der Waals surface area contributed by atoms with E-state index in [0.29, 0.717) is 43.0 Å². The van der Waals surface area contributed by atoms with Crippen molar-refractivity contribution >= 4 is 90.7 Å². The zero-order chi connectivity index (χ0) is 42.2. The minimum absolute atomic E-state index is 0. The van der Waals surface area contributed by atoms with Crippen molar-refractivity contribution in [3.05, 3.63) is 179 Å². The third-order valence-electron chi connectivity index (χ3n) is 8.86. The van der Waals surface area contributed by atoms with Crippen LogP contribution in [0.3, 0.4) is 0 Å². The number of hydrogen-bond donors (Lipinski definition) is 3. The van der Waals surface area contributed by atoms with Crippen LogP contribution >= 0.6 is 23.2 Å². The first-order chi connectivity index (χ1) is 29.0. The van der Waals surface area contributed by atoms with Gasteiger partial charge in [-0.2, -0.15) is 20.5 Å². The maximum Gasteiger partial charge on any atom is 3.00 e. The van der Waals surface area contributed by atoms with Crippen molar-refractivity contribution in [3.8, 4) is 23.0 Å². The second-order valence-electron chi connectivity index (χ2n) is 12.9. The summed E-state index contributed by atoms with van der Waals surface area (Å²) in [6.07, 6.45) is 0. The van der Waals surface area contributed by atoms with Crippen molar-refractivity contribution in [1.29, 1.82) is 0 Å². The van der Waals surface area contributed by atoms with Gasteiger partial charge in [0.2, 0.25) is 0 Å². The van der Waals surface area contributed by atoms with Crippen molar-refractivity contribution in [2.75, 3.05) is 10.6 Å². The number of carbonyl (C=O) groups excluding carboxylic acids is 2. The number of fused-ring (bicyclic) bond motifs is 2. The molecule has 8 aromatic rings. The molecule has 0 spiro atoms. The van der Waals surface area contributed by atoms with Crippen LogP contribution in [0, 0.1) is 0 Å². The van der Waals surface area contributed by atoms with E-state index in [1.807, 2.05) is 12.1 Å². The molecule has 0 saturated carbocycles. The van der Waals surface area contributed by atoms with Crippen LogP contribution in [0.25, 0.3) is 21.5 Å². The SMILES string of the molecule is O=C(Nc1ccccc1)c1cc2ccccc2c(N=Nc2cc(Cl)ccc2[O-])c1[O-].O=C(Nc1ccccc1)c1cc2ccccc2c(N=Nc2cc(Cl)ccc2[O-])c1[O-].[Fe+3].[NH4+]. The van der Waals surface area contributed by atoms with Crippen LogP contribution in [0.15, 0.2) is 178 Å². The number of rotatable bonds is 8. The Morgan fingerprint density at radius 3 is 1.19 bits per heavy atom. The largest absolute Gasteiger partial charge is 3.00 e. The minimum atomic E-state index is -0.583. The number of anilines is 2. The van der Waals surface area contributed by atoms with Gasteiger partial charge in [0.25, 0.3) is 11.8 Å². The summed E-state index contributed by atoms with van der Waals surface area (Å²) in [4.78, 5) is 25.5. The van der Waals surface area contributed by atoms with E-state index in [1.54, 1.807) is 97.1 Å². The fraction of sp³-hybridized carbons (Fsp3) is 0. The quantitative estimate of drug-likeness (QED) is 0.0989. The van der Waals surface area contributed by atoms with Gasteiger partial charge in [-0.1, -0.05) is 143 Å². The molecule has 0 fully saturated rings. The molecule has 6 N–H and O–H groups in total. The molecular formula is C46H32Cl2FeN7O6. The van der Waals surface area contributed by atoms with E-state index >= 15 is 0 Å². The molecular weight excluding hydrogens is 873 g/mol. The summed E-state index contributed by atoms with van der Waals surface area (Å²) < 4.78 is 0. The van der Waals surface area contributed by atoms with Crippen LogP contribution in [0.5, 0.6) is 23.0 Å². The monoisotopic (exact) mass is 904 g/mol. The predicted octanol–water partition coefficient (Wildman–Crippen LogP) is 11.0. The molecule has 1 radical (unpaired) electrons. The Morgan fingerprint density at radius 2 is 0.806 bits per heavy atom. The Balaban J connectivity index is 0.000000227. The van der Waals surface area contributed by atoms with Gasteiger partial charge in [-0.05, 0) is 71.4 Å². The molecule has 0 bridgehead atoms. The summed E-state index contributed by atoms with van der Waals surface area (Å²) in [5.74, 6) is -3.03. The molecule has 8 aromatic carbocycles. The molecule has 8 rings (SSSR count). The molecule has 16 heteroatoms. The van der Waals surface area contributed by atoms with Crippen molar-refractivity contribution in [1.82, 2.24) is 6.15 Å². The van der Waals surface area contributed by atoms with E-state index in [4.69, 9.17) is 23.2 Å². The van der Waals surface area contributed by atoms with Crippen LogP contribution in [-0.2, 0) is 17.1 Å². The number of halogens is 2. The van der Waals surface area contributed by atoms with E-state index in [0.717, 1.165) is 0 Å². The maximum atomic E-state index is 13.1. The number of amides is 2. The third-order valence-corrected chi connectivity index (χ3v) is 9.33. The Hall–Kier alpha value is -7.32. The van der Waals surface area contributed by atoms with E-state index in [2.05, 4.69) is 31.1 Å². The number of nitrogens with zero attached hydrogens (tertiary/aromatic N) is 4. The predicted molar refractivity (Wildman–Crippen MR) is 232 cm³/mol. The maximum absolute atomic E-state index is 13.1. The van der Waals surface area contributed by atoms with Crippen LogP contribution in [0.4, 0.5) is 34.1 Å². The summed E-state index contributed by atoms with van der Waals surface area (Å²) >= 11 is 11.8. The molecule has 0 aliphatic heterocycles. The van der Waals surface area contributed by atoms with Gasteiger partial charge in [0.15, 0.2) is 0 Å². The Morgan fingerprint density at radius 1 is 0.452 bits per heavy atom. The van der Waals surface area contributed by atoms with Crippen LogP contribution in [-0.4, -0.2) is 11.8 Å². The van der Waals surface area contributed by atoms with Crippen molar-refractivity contribution < 1.29 is 47.1 Å². The van der Waals surface area contributed by atoms with E-state index < -0.39 is 23.3 Å². The smallest absolute Gasteiger partial charge is 0.871 e. The summed E-state index contributed by atoms with van der Waals surface area (Å²) in [5.41, 5.74) is 0.952. The van der Waals surface area contributed by atoms with Gasteiger partial charge >= 0.3 is 17.1 Å². The second-order valence-corrected chi connectivity index (χ2v) is 13.8. The fourth-order valence-electron chi connectivity index (χ4n) is 5.94. The fourth-order valence-corrected chi connectivity index (χ4v) is 6.27. The summed E-state index contributed by atoms with van der Waals surface area (Å²) in [5, 5.41) is 74.4. The number of para-hydroxylation sites is 2. The van der Waals surface area contributed by atoms with Gasteiger partial charge in [-0.25, -0.2) is 0 Å². The number of benzene rings is 8. The van der Waals surface area contributed by atoms with Crippen LogP contribution in [0.2, 0.25) is 10.0 Å². The standard InChI is InChI=1S/2C23H16ClN3O3.Fe.H3N/c2*24-15-10-11-20(28)19(13-15)26-27-21-17-9-5-4-6-14(17)12-18(22(21)29)23(30)25-16-7-2-1-3-8-16;;/h2*1-13,28-29H,(H,25,30);;1H3/q;;+3;/p-3. The second kappa shape index (κ2) is 20.8. The molecule has 0 aliphatic carbocycles. The summed E-state index contributed by atoms with van der Waals surface area (Å²) in [6.45, 7) is 0. The molecule has 0 heterocycles. The van der Waals surface area contributed by atoms with Crippen molar-refractivity contribution in [2.45, 2.75) is 0 Å². The van der Waals surface area contributed by atoms with Gasteiger partial charge in [0.1, 0.15) is 0 Å². The van der Waals surface area contributed by atoms with Crippen molar-refractivity contribution in [3.63, 3.8) is 0 Å². The van der Waals surface area contributed by atoms with Gasteiger partial charge in [0, 0.05) is 43.3 Å². The average Bonchev–Trinajstić information content (AvgIpc) is 3.25. The van der Waals surface area contributed by atoms with Gasteiger partial charge in [-0.15, -0.1) is 0 Å². The van der Waals surface area contributed by atoms with Crippen LogP contribution < -0.4 is 37.2 Å². The third kappa shape index (κ3) is 10.7. The van der Waals surface area contributed by atoms with E-state index in [9.17, 15) is 30.0 Å². The zero-order valence-corrected chi connectivity index (χ0v) is 35.0. The van der Waals surface area contributed by atoms with Crippen molar-refractivity contribution in [2.24, 2.45) is 20.5 Å². The molecule has 2 amide bonds. The topological polar surface area (TPSA) is 236 Å². The normalized spacial score (nSPS) is 10.7. The van der Waals surface area contributed by atoms with Gasteiger partial charge < -0.3 is 37.2 Å². The first-order valence-corrected chi connectivity index (χ1v) is 18.8.